The first kappa shape index (κ1) is 19.5. The van der Waals surface area contributed by atoms with E-state index in [0.717, 1.165) is 4.90 Å². The second-order valence-electron chi connectivity index (χ2n) is 7.74. The predicted octanol–water partition coefficient (Wildman–Crippen LogP) is 3.28. The Balaban J connectivity index is 1.27. The van der Waals surface area contributed by atoms with Gasteiger partial charge in [0.1, 0.15) is 0 Å². The van der Waals surface area contributed by atoms with E-state index in [0.29, 0.717) is 55.2 Å². The van der Waals surface area contributed by atoms with E-state index in [9.17, 15) is 14.4 Å². The molecule has 3 amide bonds. The second-order valence-corrected chi connectivity index (χ2v) is 9.50. The summed E-state index contributed by atoms with van der Waals surface area (Å²) in [6.07, 6.45) is 3.60. The quantitative estimate of drug-likeness (QED) is 0.783. The molecule has 0 unspecified atom stereocenters. The first-order chi connectivity index (χ1) is 14.5. The van der Waals surface area contributed by atoms with Crippen molar-refractivity contribution >= 4 is 46.8 Å². The minimum atomic E-state index is -0.953. The number of piperidine rings is 1. The number of furan rings is 1. The number of fused-ring (bicyclic) bond motifs is 3. The number of thioether (sulfide) groups is 1. The maximum absolute atomic E-state index is 13.4. The maximum atomic E-state index is 13.4. The summed E-state index contributed by atoms with van der Waals surface area (Å²) in [6.45, 7) is 1.09. The third-order valence-corrected chi connectivity index (χ3v) is 7.64. The Hall–Kier alpha value is -2.45. The summed E-state index contributed by atoms with van der Waals surface area (Å²) in [4.78, 5) is 41.7. The van der Waals surface area contributed by atoms with Gasteiger partial charge in [0.2, 0.25) is 5.91 Å². The molecule has 0 aliphatic carbocycles. The molecule has 0 bridgehead atoms. The van der Waals surface area contributed by atoms with Crippen LogP contribution < -0.4 is 10.2 Å². The summed E-state index contributed by atoms with van der Waals surface area (Å²) < 4.78 is 5.19. The number of hydrogen-bond donors (Lipinski definition) is 1. The van der Waals surface area contributed by atoms with Crippen molar-refractivity contribution in [1.82, 2.24) is 10.2 Å². The first-order valence-corrected chi connectivity index (χ1v) is 11.1. The predicted molar refractivity (Wildman–Crippen MR) is 113 cm³/mol. The zero-order chi connectivity index (χ0) is 20.9. The van der Waals surface area contributed by atoms with Crippen LogP contribution in [0.15, 0.2) is 45.9 Å². The number of carbonyl (C=O) groups excluding carboxylic acids is 3. The number of carbonyl (C=O) groups is 3. The number of nitrogens with zero attached hydrogens (tertiary/aromatic N) is 2. The lowest BCUT2D eigenvalue weighted by molar-refractivity contribution is -0.125. The van der Waals surface area contributed by atoms with Crippen molar-refractivity contribution in [3.63, 3.8) is 0 Å². The van der Waals surface area contributed by atoms with Crippen LogP contribution in [-0.4, -0.2) is 46.6 Å². The number of likely N-dealkylation sites (tertiary alicyclic amines) is 1. The molecule has 0 radical (unpaired) electrons. The molecule has 5 rings (SSSR count). The summed E-state index contributed by atoms with van der Waals surface area (Å²) in [5, 5.41) is 3.68. The van der Waals surface area contributed by atoms with Crippen LogP contribution in [0.1, 0.15) is 36.2 Å². The molecule has 1 aromatic carbocycles. The van der Waals surface area contributed by atoms with Gasteiger partial charge in [-0.15, -0.1) is 0 Å². The Morgan fingerprint density at radius 2 is 2.03 bits per heavy atom. The molecule has 156 valence electrons. The van der Waals surface area contributed by atoms with Crippen LogP contribution >= 0.6 is 23.4 Å². The topological polar surface area (TPSA) is 82.9 Å². The smallest absolute Gasteiger partial charge is 0.289 e. The lowest BCUT2D eigenvalue weighted by Crippen LogP contribution is -2.56. The van der Waals surface area contributed by atoms with E-state index in [-0.39, 0.29) is 23.8 Å². The third-order valence-electron chi connectivity index (χ3n) is 5.93. The summed E-state index contributed by atoms with van der Waals surface area (Å²) >= 11 is 7.56. The van der Waals surface area contributed by atoms with Crippen LogP contribution in [0, 0.1) is 0 Å². The molecule has 1 N–H and O–H groups in total. The molecule has 1 atom stereocenters. The Labute approximate surface area is 182 Å². The lowest BCUT2D eigenvalue weighted by atomic mass is 10.0. The van der Waals surface area contributed by atoms with Crippen molar-refractivity contribution in [2.75, 3.05) is 18.0 Å². The minimum Gasteiger partial charge on any atom is -0.459 e. The van der Waals surface area contributed by atoms with Crippen molar-refractivity contribution in [2.24, 2.45) is 0 Å². The molecule has 30 heavy (non-hydrogen) atoms. The number of hydrogen-bond acceptors (Lipinski definition) is 5. The van der Waals surface area contributed by atoms with Gasteiger partial charge in [-0.25, -0.2) is 0 Å². The van der Waals surface area contributed by atoms with Crippen LogP contribution in [0.5, 0.6) is 0 Å². The first-order valence-electron chi connectivity index (χ1n) is 9.93. The molecule has 3 aliphatic heterocycles. The molecule has 9 heteroatoms. The number of amides is 3. The van der Waals surface area contributed by atoms with Gasteiger partial charge in [0.15, 0.2) is 10.6 Å². The molecule has 4 heterocycles. The van der Waals surface area contributed by atoms with Crippen molar-refractivity contribution in [1.29, 1.82) is 0 Å². The van der Waals surface area contributed by atoms with E-state index in [4.69, 9.17) is 16.0 Å². The van der Waals surface area contributed by atoms with Crippen molar-refractivity contribution in [3.8, 4) is 0 Å². The number of rotatable bonds is 3. The van der Waals surface area contributed by atoms with Gasteiger partial charge in [0.05, 0.1) is 12.0 Å². The van der Waals surface area contributed by atoms with Crippen molar-refractivity contribution < 1.29 is 18.8 Å². The van der Waals surface area contributed by atoms with Gasteiger partial charge >= 0.3 is 0 Å². The van der Waals surface area contributed by atoms with Crippen molar-refractivity contribution in [3.05, 3.63) is 47.4 Å². The average Bonchev–Trinajstić information content (AvgIpc) is 3.45. The summed E-state index contributed by atoms with van der Waals surface area (Å²) in [7, 11) is 0. The highest BCUT2D eigenvalue weighted by molar-refractivity contribution is 8.02. The number of halogens is 1. The molecule has 2 saturated heterocycles. The number of nitrogens with one attached hydrogen (secondary N) is 1. The van der Waals surface area contributed by atoms with Gasteiger partial charge in [-0.3, -0.25) is 19.3 Å². The molecule has 0 spiro atoms. The normalized spacial score (nSPS) is 23.4. The summed E-state index contributed by atoms with van der Waals surface area (Å²) in [5.74, 6) is -0.0103. The van der Waals surface area contributed by atoms with Crippen LogP contribution in [0.2, 0.25) is 5.02 Å². The standard InChI is InChI=1S/C21H20ClN3O4S/c22-13-3-4-17-15(12-13)25-18(26)5-8-21(25,30-17)20(28)23-14-6-9-24(10-7-14)19(27)16-2-1-11-29-16/h1-4,11-12,14H,5-10H2,(H,23,28)/t21-/m1/s1. The highest BCUT2D eigenvalue weighted by atomic mass is 35.5. The molecule has 7 nitrogen and oxygen atoms in total. The molecule has 3 aliphatic rings. The Kier molecular flexibility index (Phi) is 4.78. The second kappa shape index (κ2) is 7.35. The van der Waals surface area contributed by atoms with Gasteiger partial charge < -0.3 is 14.6 Å². The Morgan fingerprint density at radius 1 is 1.23 bits per heavy atom. The molecule has 1 aromatic heterocycles. The molecule has 2 fully saturated rings. The zero-order valence-electron chi connectivity index (χ0n) is 16.1. The minimum absolute atomic E-state index is 0.0435. The molecule has 2 aromatic rings. The van der Waals surface area contributed by atoms with E-state index in [1.807, 2.05) is 6.07 Å². The highest BCUT2D eigenvalue weighted by Crippen LogP contribution is 2.56. The van der Waals surface area contributed by atoms with Gasteiger partial charge in [-0.2, -0.15) is 0 Å². The maximum Gasteiger partial charge on any atom is 0.289 e. The van der Waals surface area contributed by atoms with E-state index in [2.05, 4.69) is 5.32 Å². The SMILES string of the molecule is O=C(c1ccco1)N1CCC(NC(=O)[C@]23CCC(=O)N2c2cc(Cl)ccc2S3)CC1. The van der Waals surface area contributed by atoms with E-state index >= 15 is 0 Å². The molecular weight excluding hydrogens is 426 g/mol. The van der Waals surface area contributed by atoms with Gasteiger partial charge in [0.25, 0.3) is 11.8 Å². The number of anilines is 1. The van der Waals surface area contributed by atoms with E-state index in [1.54, 1.807) is 34.1 Å². The molecule has 0 saturated carbocycles. The fourth-order valence-electron chi connectivity index (χ4n) is 4.40. The van der Waals surface area contributed by atoms with Crippen molar-refractivity contribution in [2.45, 2.75) is 41.5 Å². The van der Waals surface area contributed by atoms with Gasteiger partial charge in [0, 0.05) is 35.5 Å². The Bertz CT molecular complexity index is 1020. The van der Waals surface area contributed by atoms with Crippen LogP contribution in [0.4, 0.5) is 5.69 Å². The fraction of sp³-hybridized carbons (Fsp3) is 0.381. The van der Waals surface area contributed by atoms with Gasteiger partial charge in [-0.1, -0.05) is 23.4 Å². The molecular formula is C21H20ClN3O4S. The van der Waals surface area contributed by atoms with Gasteiger partial charge in [-0.05, 0) is 49.6 Å². The monoisotopic (exact) mass is 445 g/mol. The average molecular weight is 446 g/mol. The third kappa shape index (κ3) is 3.09. The Morgan fingerprint density at radius 3 is 2.77 bits per heavy atom. The van der Waals surface area contributed by atoms with E-state index < -0.39 is 4.87 Å². The zero-order valence-corrected chi connectivity index (χ0v) is 17.7. The summed E-state index contributed by atoms with van der Waals surface area (Å²) in [5.41, 5.74) is 0.712. The van der Waals surface area contributed by atoms with Crippen LogP contribution in [0.3, 0.4) is 0 Å². The fourth-order valence-corrected chi connectivity index (χ4v) is 5.97. The highest BCUT2D eigenvalue weighted by Gasteiger charge is 2.57. The summed E-state index contributed by atoms with van der Waals surface area (Å²) in [6, 6.07) is 8.69. The lowest BCUT2D eigenvalue weighted by Gasteiger charge is -2.35. The van der Waals surface area contributed by atoms with Crippen LogP contribution in [0.25, 0.3) is 0 Å². The van der Waals surface area contributed by atoms with Crippen LogP contribution in [-0.2, 0) is 9.59 Å². The largest absolute Gasteiger partial charge is 0.459 e. The van der Waals surface area contributed by atoms with E-state index in [1.165, 1.54) is 18.0 Å². The number of benzene rings is 1.